The Bertz CT molecular complexity index is 368. The third-order valence-electron chi connectivity index (χ3n) is 4.26. The first-order chi connectivity index (χ1) is 8.01. The molecule has 100 valence electrons. The largest absolute Gasteiger partial charge is 0.374 e. The molecule has 0 aromatic heterocycles. The van der Waals surface area contributed by atoms with E-state index in [4.69, 9.17) is 10.5 Å². The van der Waals surface area contributed by atoms with Crippen molar-refractivity contribution >= 4 is 9.84 Å². The lowest BCUT2D eigenvalue weighted by molar-refractivity contribution is 0.0623. The molecule has 0 amide bonds. The van der Waals surface area contributed by atoms with Gasteiger partial charge in [-0.15, -0.1) is 0 Å². The van der Waals surface area contributed by atoms with Crippen LogP contribution in [0.4, 0.5) is 0 Å². The summed E-state index contributed by atoms with van der Waals surface area (Å²) in [5.74, 6) is 0.563. The van der Waals surface area contributed by atoms with Crippen LogP contribution in [0.25, 0.3) is 0 Å². The predicted octanol–water partition coefficient (Wildman–Crippen LogP) is 1.10. The van der Waals surface area contributed by atoms with E-state index in [1.165, 1.54) is 0 Å². The number of rotatable bonds is 6. The smallest absolute Gasteiger partial charge is 0.150 e. The van der Waals surface area contributed by atoms with Crippen LogP contribution in [-0.2, 0) is 14.6 Å². The van der Waals surface area contributed by atoms with Crippen molar-refractivity contribution < 1.29 is 13.2 Å². The van der Waals surface area contributed by atoms with Gasteiger partial charge in [0.1, 0.15) is 9.84 Å². The molecule has 3 unspecified atom stereocenters. The molecule has 2 fully saturated rings. The minimum Gasteiger partial charge on any atom is -0.374 e. The molecule has 2 heterocycles. The van der Waals surface area contributed by atoms with Crippen LogP contribution in [0.15, 0.2) is 0 Å². The molecule has 5 heteroatoms. The molecule has 3 atom stereocenters. The van der Waals surface area contributed by atoms with Crippen molar-refractivity contribution in [1.82, 2.24) is 0 Å². The van der Waals surface area contributed by atoms with Crippen molar-refractivity contribution in [2.24, 2.45) is 11.1 Å². The van der Waals surface area contributed by atoms with Gasteiger partial charge in [-0.1, -0.05) is 6.92 Å². The van der Waals surface area contributed by atoms with E-state index < -0.39 is 9.84 Å². The number of ether oxygens (including phenoxy) is 1. The minimum atomic E-state index is -2.90. The Hall–Kier alpha value is -0.130. The summed E-state index contributed by atoms with van der Waals surface area (Å²) in [5, 5.41) is 0. The summed E-state index contributed by atoms with van der Waals surface area (Å²) in [6.45, 7) is 2.45. The van der Waals surface area contributed by atoms with Crippen LogP contribution in [0.5, 0.6) is 0 Å². The Labute approximate surface area is 104 Å². The Balaban J connectivity index is 1.97. The fraction of sp³-hybridized carbons (Fsp3) is 1.00. The van der Waals surface area contributed by atoms with E-state index in [1.807, 2.05) is 6.92 Å². The minimum absolute atomic E-state index is 0.0657. The highest BCUT2D eigenvalue weighted by Gasteiger charge is 2.51. The second kappa shape index (κ2) is 4.86. The molecule has 17 heavy (non-hydrogen) atoms. The monoisotopic (exact) mass is 261 g/mol. The van der Waals surface area contributed by atoms with Gasteiger partial charge in [0.25, 0.3) is 0 Å². The molecular formula is C12H23NO3S. The molecular weight excluding hydrogens is 238 g/mol. The molecule has 2 rings (SSSR count). The fourth-order valence-electron chi connectivity index (χ4n) is 3.24. The van der Waals surface area contributed by atoms with Gasteiger partial charge in [-0.3, -0.25) is 0 Å². The zero-order valence-corrected chi connectivity index (χ0v) is 11.3. The second-order valence-corrected chi connectivity index (χ2v) is 7.80. The van der Waals surface area contributed by atoms with Crippen LogP contribution < -0.4 is 5.73 Å². The molecule has 0 saturated carbocycles. The molecule has 2 aliphatic rings. The van der Waals surface area contributed by atoms with Gasteiger partial charge in [0, 0.05) is 17.7 Å². The maximum atomic E-state index is 11.8. The second-order valence-electron chi connectivity index (χ2n) is 5.50. The summed E-state index contributed by atoms with van der Waals surface area (Å²) in [6, 6.07) is 0. The number of sulfone groups is 1. The summed E-state index contributed by atoms with van der Waals surface area (Å²) < 4.78 is 29.4. The van der Waals surface area contributed by atoms with E-state index in [-0.39, 0.29) is 17.3 Å². The summed E-state index contributed by atoms with van der Waals surface area (Å²) in [6.07, 6.45) is 5.03. The van der Waals surface area contributed by atoms with Gasteiger partial charge >= 0.3 is 0 Å². The molecule has 2 N–H and O–H groups in total. The van der Waals surface area contributed by atoms with Gasteiger partial charge in [-0.2, -0.15) is 0 Å². The standard InChI is InChI=1S/C12H23NO3S/c1-2-6-17(14,15)7-5-12(9-13)8-10-3-4-11(12)16-10/h10-11H,2-9,13H2,1H3. The van der Waals surface area contributed by atoms with E-state index in [0.29, 0.717) is 31.2 Å². The summed E-state index contributed by atoms with van der Waals surface area (Å²) >= 11 is 0. The Morgan fingerprint density at radius 3 is 2.59 bits per heavy atom. The average Bonchev–Trinajstić information content (AvgIpc) is 2.87. The lowest BCUT2D eigenvalue weighted by atomic mass is 9.72. The third kappa shape index (κ3) is 2.66. The topological polar surface area (TPSA) is 69.4 Å². The molecule has 4 nitrogen and oxygen atoms in total. The van der Waals surface area contributed by atoms with Crippen molar-refractivity contribution in [1.29, 1.82) is 0 Å². The SMILES string of the molecule is CCCS(=O)(=O)CCC1(CN)CC2CCC1O2. The first kappa shape index (κ1) is 13.3. The van der Waals surface area contributed by atoms with Crippen molar-refractivity contribution in [3.63, 3.8) is 0 Å². The lowest BCUT2D eigenvalue weighted by Crippen LogP contribution is -2.41. The third-order valence-corrected chi connectivity index (χ3v) is 6.11. The normalized spacial score (nSPS) is 36.6. The van der Waals surface area contributed by atoms with E-state index >= 15 is 0 Å². The van der Waals surface area contributed by atoms with Crippen LogP contribution in [0.3, 0.4) is 0 Å². The number of fused-ring (bicyclic) bond motifs is 2. The molecule has 0 aliphatic carbocycles. The van der Waals surface area contributed by atoms with Crippen LogP contribution in [0.2, 0.25) is 0 Å². The lowest BCUT2D eigenvalue weighted by Gasteiger charge is -2.34. The van der Waals surface area contributed by atoms with Gasteiger partial charge in [0.15, 0.2) is 0 Å². The van der Waals surface area contributed by atoms with E-state index in [0.717, 1.165) is 19.3 Å². The summed E-state index contributed by atoms with van der Waals surface area (Å²) in [4.78, 5) is 0. The Morgan fingerprint density at radius 1 is 1.35 bits per heavy atom. The Morgan fingerprint density at radius 2 is 2.12 bits per heavy atom. The molecule has 2 bridgehead atoms. The van der Waals surface area contributed by atoms with Gasteiger partial charge in [0.2, 0.25) is 0 Å². The van der Waals surface area contributed by atoms with Crippen molar-refractivity contribution in [2.45, 2.75) is 51.2 Å². The van der Waals surface area contributed by atoms with E-state index in [2.05, 4.69) is 0 Å². The maximum Gasteiger partial charge on any atom is 0.150 e. The Kier molecular flexibility index (Phi) is 3.80. The van der Waals surface area contributed by atoms with Crippen molar-refractivity contribution in [3.05, 3.63) is 0 Å². The van der Waals surface area contributed by atoms with Gasteiger partial charge in [-0.05, 0) is 32.1 Å². The fourth-order valence-corrected chi connectivity index (χ4v) is 4.79. The average molecular weight is 261 g/mol. The summed E-state index contributed by atoms with van der Waals surface area (Å²) in [7, 11) is -2.90. The number of hydrogen-bond donors (Lipinski definition) is 1. The van der Waals surface area contributed by atoms with Crippen LogP contribution in [0, 0.1) is 5.41 Å². The molecule has 2 saturated heterocycles. The zero-order chi connectivity index (χ0) is 12.5. The molecule has 0 radical (unpaired) electrons. The maximum absolute atomic E-state index is 11.8. The molecule has 2 aliphatic heterocycles. The summed E-state index contributed by atoms with van der Waals surface area (Å²) in [5.41, 5.74) is 5.82. The number of hydrogen-bond acceptors (Lipinski definition) is 4. The van der Waals surface area contributed by atoms with Crippen LogP contribution >= 0.6 is 0 Å². The highest BCUT2D eigenvalue weighted by atomic mass is 32.2. The predicted molar refractivity (Wildman–Crippen MR) is 67.6 cm³/mol. The van der Waals surface area contributed by atoms with Crippen molar-refractivity contribution in [3.8, 4) is 0 Å². The molecule has 0 spiro atoms. The van der Waals surface area contributed by atoms with Gasteiger partial charge in [0.05, 0.1) is 18.0 Å². The first-order valence-electron chi connectivity index (χ1n) is 6.57. The van der Waals surface area contributed by atoms with Crippen LogP contribution in [0.1, 0.15) is 39.0 Å². The first-order valence-corrected chi connectivity index (χ1v) is 8.39. The van der Waals surface area contributed by atoms with E-state index in [9.17, 15) is 8.42 Å². The molecule has 0 aromatic carbocycles. The molecule has 0 aromatic rings. The highest BCUT2D eigenvalue weighted by molar-refractivity contribution is 7.91. The highest BCUT2D eigenvalue weighted by Crippen LogP contribution is 2.49. The van der Waals surface area contributed by atoms with E-state index in [1.54, 1.807) is 0 Å². The number of nitrogens with two attached hydrogens (primary N) is 1. The van der Waals surface area contributed by atoms with Crippen LogP contribution in [-0.4, -0.2) is 38.7 Å². The van der Waals surface area contributed by atoms with Gasteiger partial charge < -0.3 is 10.5 Å². The van der Waals surface area contributed by atoms with Crippen molar-refractivity contribution in [2.75, 3.05) is 18.1 Å². The zero-order valence-electron chi connectivity index (χ0n) is 10.5. The quantitative estimate of drug-likeness (QED) is 0.777. The van der Waals surface area contributed by atoms with Gasteiger partial charge in [-0.25, -0.2) is 8.42 Å².